The zero-order valence-corrected chi connectivity index (χ0v) is 16.6. The van der Waals surface area contributed by atoms with Gasteiger partial charge in [-0.25, -0.2) is 0 Å². The van der Waals surface area contributed by atoms with Crippen LogP contribution in [-0.4, -0.2) is 42.9 Å². The molecule has 0 aliphatic carbocycles. The second-order valence-electron chi connectivity index (χ2n) is 7.85. The zero-order chi connectivity index (χ0) is 16.0. The first kappa shape index (κ1) is 19.3. The standard InChI is InChI=1S/C18H29NO2.BrH/c1-12-13(2)17-15(14(3)16(12)20)8-9-18(4,21-17)10-11-19(5,6)7;/h8-11H2,1-7H3;1H. The topological polar surface area (TPSA) is 29.5 Å². The van der Waals surface area contributed by atoms with Crippen molar-refractivity contribution in [3.05, 3.63) is 22.3 Å². The minimum absolute atomic E-state index is 0. The first-order valence-electron chi connectivity index (χ1n) is 7.85. The Morgan fingerprint density at radius 2 is 1.68 bits per heavy atom. The minimum atomic E-state index is -0.0981. The molecule has 1 heterocycles. The van der Waals surface area contributed by atoms with Gasteiger partial charge >= 0.3 is 0 Å². The molecule has 3 nitrogen and oxygen atoms in total. The number of nitrogens with zero attached hydrogens (tertiary/aromatic N) is 1. The van der Waals surface area contributed by atoms with Gasteiger partial charge in [0.25, 0.3) is 0 Å². The number of rotatable bonds is 3. The number of hydrogen-bond acceptors (Lipinski definition) is 2. The molecule has 0 spiro atoms. The third-order valence-electron chi connectivity index (χ3n) is 4.90. The molecule has 1 aromatic rings. The van der Waals surface area contributed by atoms with Gasteiger partial charge in [-0.3, -0.25) is 0 Å². The lowest BCUT2D eigenvalue weighted by atomic mass is 9.85. The van der Waals surface area contributed by atoms with Crippen LogP contribution in [0.15, 0.2) is 0 Å². The smallest absolute Gasteiger partial charge is 0.127 e. The summed E-state index contributed by atoms with van der Waals surface area (Å²) in [7, 11) is 6.66. The fourth-order valence-corrected chi connectivity index (χ4v) is 3.04. The molecule has 0 aromatic heterocycles. The van der Waals surface area contributed by atoms with E-state index in [9.17, 15) is 5.11 Å². The molecule has 4 heteroatoms. The van der Waals surface area contributed by atoms with E-state index in [1.54, 1.807) is 0 Å². The van der Waals surface area contributed by atoms with Crippen molar-refractivity contribution in [1.29, 1.82) is 0 Å². The van der Waals surface area contributed by atoms with E-state index < -0.39 is 0 Å². The predicted molar refractivity (Wildman–Crippen MR) is 87.2 cm³/mol. The monoisotopic (exact) mass is 371 g/mol. The molecule has 1 atom stereocenters. The third kappa shape index (κ3) is 3.77. The number of fused-ring (bicyclic) bond motifs is 1. The van der Waals surface area contributed by atoms with Crippen LogP contribution in [0.1, 0.15) is 42.0 Å². The Morgan fingerprint density at radius 1 is 1.09 bits per heavy atom. The first-order valence-corrected chi connectivity index (χ1v) is 7.85. The van der Waals surface area contributed by atoms with E-state index in [0.717, 1.165) is 52.7 Å². The van der Waals surface area contributed by atoms with Crippen molar-refractivity contribution in [2.75, 3.05) is 27.7 Å². The van der Waals surface area contributed by atoms with Gasteiger partial charge in [0.1, 0.15) is 17.1 Å². The summed E-state index contributed by atoms with van der Waals surface area (Å²) in [5.74, 6) is 1.45. The first-order chi connectivity index (χ1) is 9.54. The Morgan fingerprint density at radius 3 is 2.23 bits per heavy atom. The molecular weight excluding hydrogens is 342 g/mol. The van der Waals surface area contributed by atoms with Crippen LogP contribution in [0, 0.1) is 20.8 Å². The van der Waals surface area contributed by atoms with Gasteiger partial charge in [0.05, 0.1) is 27.7 Å². The molecule has 0 amide bonds. The summed E-state index contributed by atoms with van der Waals surface area (Å²) < 4.78 is 7.40. The molecule has 0 saturated carbocycles. The van der Waals surface area contributed by atoms with Crippen LogP contribution in [0.4, 0.5) is 0 Å². The van der Waals surface area contributed by atoms with Crippen LogP contribution in [-0.2, 0) is 6.42 Å². The highest BCUT2D eigenvalue weighted by Gasteiger charge is 2.35. The number of ether oxygens (including phenoxy) is 1. The van der Waals surface area contributed by atoms with Crippen molar-refractivity contribution in [1.82, 2.24) is 0 Å². The van der Waals surface area contributed by atoms with Gasteiger partial charge in [-0.2, -0.15) is 0 Å². The van der Waals surface area contributed by atoms with Crippen molar-refractivity contribution in [2.45, 2.75) is 52.6 Å². The summed E-state index contributed by atoms with van der Waals surface area (Å²) in [6, 6.07) is 0. The summed E-state index contributed by atoms with van der Waals surface area (Å²) in [4.78, 5) is 0. The third-order valence-corrected chi connectivity index (χ3v) is 4.90. The molecule has 126 valence electrons. The van der Waals surface area contributed by atoms with Crippen LogP contribution in [0.5, 0.6) is 11.5 Å². The number of benzene rings is 1. The lowest BCUT2D eigenvalue weighted by Crippen LogP contribution is -3.00. The summed E-state index contributed by atoms with van der Waals surface area (Å²) >= 11 is 0. The molecule has 1 aromatic carbocycles. The Labute approximate surface area is 145 Å². The van der Waals surface area contributed by atoms with Crippen LogP contribution in [0.2, 0.25) is 0 Å². The second-order valence-corrected chi connectivity index (χ2v) is 7.85. The quantitative estimate of drug-likeness (QED) is 0.784. The van der Waals surface area contributed by atoms with Gasteiger partial charge in [0.2, 0.25) is 0 Å². The Balaban J connectivity index is 0.00000242. The van der Waals surface area contributed by atoms with Gasteiger partial charge in [-0.1, -0.05) is 0 Å². The number of quaternary nitrogens is 1. The molecule has 0 bridgehead atoms. The average molecular weight is 372 g/mol. The summed E-state index contributed by atoms with van der Waals surface area (Å²) in [6.07, 6.45) is 3.06. The van der Waals surface area contributed by atoms with E-state index in [2.05, 4.69) is 35.0 Å². The Kier molecular flexibility index (Phi) is 5.62. The maximum Gasteiger partial charge on any atom is 0.127 e. The lowest BCUT2D eigenvalue weighted by Gasteiger charge is -2.39. The zero-order valence-electron chi connectivity index (χ0n) is 15.0. The van der Waals surface area contributed by atoms with Crippen LogP contribution < -0.4 is 21.7 Å². The molecule has 1 aliphatic rings. The molecule has 1 aliphatic heterocycles. The maximum absolute atomic E-state index is 10.2. The lowest BCUT2D eigenvalue weighted by molar-refractivity contribution is -0.871. The number of aromatic hydroxyl groups is 1. The van der Waals surface area contributed by atoms with Crippen molar-refractivity contribution in [2.24, 2.45) is 0 Å². The summed E-state index contributed by atoms with van der Waals surface area (Å²) in [6.45, 7) is 9.35. The number of hydrogen-bond donors (Lipinski definition) is 1. The van der Waals surface area contributed by atoms with E-state index in [4.69, 9.17) is 4.74 Å². The SMILES string of the molecule is Cc1c(C)c2c(c(C)c1O)CCC(C)(CC[N+](C)(C)C)O2.[Br-]. The van der Waals surface area contributed by atoms with Gasteiger partial charge in [-0.15, -0.1) is 0 Å². The van der Waals surface area contributed by atoms with Gasteiger partial charge in [-0.05, 0) is 57.2 Å². The molecule has 0 fully saturated rings. The van der Waals surface area contributed by atoms with Crippen LogP contribution in [0.25, 0.3) is 0 Å². The average Bonchev–Trinajstić information content (AvgIpc) is 2.40. The van der Waals surface area contributed by atoms with Crippen molar-refractivity contribution in [3.8, 4) is 11.5 Å². The highest BCUT2D eigenvalue weighted by Crippen LogP contribution is 2.44. The molecule has 2 rings (SSSR count). The Bertz CT molecular complexity index is 563. The maximum atomic E-state index is 10.2. The molecule has 1 unspecified atom stereocenters. The van der Waals surface area contributed by atoms with Gasteiger partial charge in [0, 0.05) is 12.0 Å². The summed E-state index contributed by atoms with van der Waals surface area (Å²) in [5.41, 5.74) is 4.12. The van der Waals surface area contributed by atoms with E-state index in [-0.39, 0.29) is 22.6 Å². The van der Waals surface area contributed by atoms with E-state index >= 15 is 0 Å². The second kappa shape index (κ2) is 6.40. The molecule has 22 heavy (non-hydrogen) atoms. The number of phenols is 1. The van der Waals surface area contributed by atoms with Gasteiger partial charge < -0.3 is 31.3 Å². The van der Waals surface area contributed by atoms with E-state index in [1.165, 1.54) is 5.56 Å². The minimum Gasteiger partial charge on any atom is -1.00 e. The molecule has 0 radical (unpaired) electrons. The highest BCUT2D eigenvalue weighted by molar-refractivity contribution is 5.58. The van der Waals surface area contributed by atoms with Crippen LogP contribution >= 0.6 is 0 Å². The largest absolute Gasteiger partial charge is 1.00 e. The fraction of sp³-hybridized carbons (Fsp3) is 0.667. The fourth-order valence-electron chi connectivity index (χ4n) is 3.04. The van der Waals surface area contributed by atoms with Gasteiger partial charge in [0.15, 0.2) is 0 Å². The Hall–Kier alpha value is -0.740. The molecule has 1 N–H and O–H groups in total. The van der Waals surface area contributed by atoms with Crippen molar-refractivity contribution in [3.63, 3.8) is 0 Å². The molecule has 0 saturated heterocycles. The van der Waals surface area contributed by atoms with Crippen LogP contribution in [0.3, 0.4) is 0 Å². The normalized spacial score (nSPS) is 20.9. The van der Waals surface area contributed by atoms with Crippen molar-refractivity contribution >= 4 is 0 Å². The summed E-state index contributed by atoms with van der Waals surface area (Å²) in [5, 5.41) is 10.2. The molecular formula is C18H30BrNO2. The van der Waals surface area contributed by atoms with E-state index in [1.807, 2.05) is 13.8 Å². The van der Waals surface area contributed by atoms with E-state index in [0.29, 0.717) is 5.75 Å². The van der Waals surface area contributed by atoms with Crippen molar-refractivity contribution < 1.29 is 31.3 Å². The number of halogens is 1. The number of phenolic OH excluding ortho intramolecular Hbond substituents is 1. The predicted octanol–water partition coefficient (Wildman–Crippen LogP) is 0.501. The highest BCUT2D eigenvalue weighted by atomic mass is 79.9.